The predicted molar refractivity (Wildman–Crippen MR) is 136 cm³/mol. The molecular weight excluding hydrogens is 462 g/mol. The fourth-order valence-corrected chi connectivity index (χ4v) is 4.17. The summed E-state index contributed by atoms with van der Waals surface area (Å²) < 4.78 is 28.1. The first-order chi connectivity index (χ1) is 17.4. The summed E-state index contributed by atoms with van der Waals surface area (Å²) in [6.07, 6.45) is -1.10. The number of carbonyl (C=O) groups is 2. The molecule has 0 saturated heterocycles. The first-order valence-corrected chi connectivity index (χ1v) is 11.6. The summed E-state index contributed by atoms with van der Waals surface area (Å²) in [5, 5.41) is 5.33. The molecule has 3 aromatic carbocycles. The molecule has 0 aliphatic heterocycles. The number of benzene rings is 3. The molecular formula is C28H25NO7. The highest BCUT2D eigenvalue weighted by Crippen LogP contribution is 2.36. The van der Waals surface area contributed by atoms with Crippen LogP contribution in [0.25, 0.3) is 32.9 Å². The zero-order valence-corrected chi connectivity index (χ0v) is 20.3. The van der Waals surface area contributed by atoms with E-state index in [-0.39, 0.29) is 5.76 Å². The van der Waals surface area contributed by atoms with Crippen LogP contribution < -0.4 is 14.8 Å². The average molecular weight is 488 g/mol. The Kier molecular flexibility index (Phi) is 6.01. The Bertz CT molecular complexity index is 1610. The van der Waals surface area contributed by atoms with Crippen molar-refractivity contribution in [3.05, 3.63) is 65.9 Å². The van der Waals surface area contributed by atoms with Crippen molar-refractivity contribution in [3.63, 3.8) is 0 Å². The van der Waals surface area contributed by atoms with E-state index in [0.29, 0.717) is 40.5 Å². The number of fused-ring (bicyclic) bond motifs is 4. The van der Waals surface area contributed by atoms with Crippen molar-refractivity contribution in [2.24, 2.45) is 0 Å². The third kappa shape index (κ3) is 4.11. The number of hydrogen-bond donors (Lipinski definition) is 1. The van der Waals surface area contributed by atoms with E-state index in [9.17, 15) is 9.59 Å². The molecule has 0 aliphatic rings. The summed E-state index contributed by atoms with van der Waals surface area (Å²) in [4.78, 5) is 25.8. The maximum atomic E-state index is 12.9. The second kappa shape index (κ2) is 9.30. The number of furan rings is 2. The Morgan fingerprint density at radius 3 is 2.50 bits per heavy atom. The van der Waals surface area contributed by atoms with Gasteiger partial charge < -0.3 is 28.4 Å². The number of amides is 1. The van der Waals surface area contributed by atoms with Gasteiger partial charge in [-0.3, -0.25) is 4.79 Å². The summed E-state index contributed by atoms with van der Waals surface area (Å²) in [6.45, 7) is 5.67. The van der Waals surface area contributed by atoms with Gasteiger partial charge in [-0.2, -0.15) is 0 Å². The zero-order valence-electron chi connectivity index (χ0n) is 20.3. The van der Waals surface area contributed by atoms with E-state index in [4.69, 9.17) is 23.0 Å². The lowest BCUT2D eigenvalue weighted by Gasteiger charge is -2.15. The standard InChI is InChI=1S/C28H25NO7/c1-5-33-17-10-11-23-19(12-17)15(2)26(36-23)28(31)34-16(3)27(30)29-21-14-24-20(13-25(21)32-4)18-8-6-7-9-22(18)35-24/h6-14,16H,5H2,1-4H3,(H,29,30). The first-order valence-electron chi connectivity index (χ1n) is 11.6. The fourth-order valence-electron chi connectivity index (χ4n) is 4.17. The smallest absolute Gasteiger partial charge is 0.375 e. The number of ether oxygens (including phenoxy) is 3. The number of methoxy groups -OCH3 is 1. The van der Waals surface area contributed by atoms with Gasteiger partial charge in [0.1, 0.15) is 28.2 Å². The van der Waals surface area contributed by atoms with Crippen LogP contribution in [-0.4, -0.2) is 31.7 Å². The van der Waals surface area contributed by atoms with Crippen LogP contribution >= 0.6 is 0 Å². The molecule has 1 amide bonds. The van der Waals surface area contributed by atoms with Crippen LogP contribution in [0.2, 0.25) is 0 Å². The summed E-state index contributed by atoms with van der Waals surface area (Å²) in [7, 11) is 1.52. The van der Waals surface area contributed by atoms with Gasteiger partial charge in [0.05, 0.1) is 19.4 Å². The molecule has 0 fully saturated rings. The zero-order chi connectivity index (χ0) is 25.4. The van der Waals surface area contributed by atoms with Crippen LogP contribution in [0, 0.1) is 6.92 Å². The molecule has 0 aliphatic carbocycles. The lowest BCUT2D eigenvalue weighted by atomic mass is 10.1. The van der Waals surface area contributed by atoms with E-state index in [2.05, 4.69) is 5.32 Å². The second-order valence-electron chi connectivity index (χ2n) is 8.33. The van der Waals surface area contributed by atoms with Gasteiger partial charge >= 0.3 is 5.97 Å². The molecule has 5 rings (SSSR count). The first kappa shape index (κ1) is 23.3. The molecule has 36 heavy (non-hydrogen) atoms. The van der Waals surface area contributed by atoms with Gasteiger partial charge in [0.15, 0.2) is 6.10 Å². The summed E-state index contributed by atoms with van der Waals surface area (Å²) in [5.74, 6) is -0.0795. The molecule has 0 radical (unpaired) electrons. The summed E-state index contributed by atoms with van der Waals surface area (Å²) in [6, 6.07) is 16.5. The molecule has 1 atom stereocenters. The molecule has 0 bridgehead atoms. The highest BCUT2D eigenvalue weighted by Gasteiger charge is 2.25. The molecule has 1 unspecified atom stereocenters. The number of para-hydroxylation sites is 1. The lowest BCUT2D eigenvalue weighted by molar-refractivity contribution is -0.123. The van der Waals surface area contributed by atoms with Crippen LogP contribution in [0.4, 0.5) is 5.69 Å². The lowest BCUT2D eigenvalue weighted by Crippen LogP contribution is -2.30. The third-order valence-electron chi connectivity index (χ3n) is 6.01. The molecule has 8 nitrogen and oxygen atoms in total. The molecule has 184 valence electrons. The van der Waals surface area contributed by atoms with E-state index in [0.717, 1.165) is 21.7 Å². The monoisotopic (exact) mass is 487 g/mol. The largest absolute Gasteiger partial charge is 0.495 e. The van der Waals surface area contributed by atoms with Gasteiger partial charge in [0, 0.05) is 27.8 Å². The molecule has 1 N–H and O–H groups in total. The van der Waals surface area contributed by atoms with Crippen LogP contribution in [0.15, 0.2) is 63.4 Å². The normalized spacial score (nSPS) is 12.1. The number of hydrogen-bond acceptors (Lipinski definition) is 7. The molecule has 8 heteroatoms. The van der Waals surface area contributed by atoms with E-state index < -0.39 is 18.0 Å². The minimum atomic E-state index is -1.10. The van der Waals surface area contributed by atoms with Gasteiger partial charge in [-0.25, -0.2) is 4.79 Å². The van der Waals surface area contributed by atoms with Gasteiger partial charge in [0.25, 0.3) is 5.91 Å². The summed E-state index contributed by atoms with van der Waals surface area (Å²) in [5.41, 5.74) is 2.88. The van der Waals surface area contributed by atoms with Crippen molar-refractivity contribution >= 4 is 50.5 Å². The Labute approximate surface area is 206 Å². The number of aryl methyl sites for hydroxylation is 1. The summed E-state index contributed by atoms with van der Waals surface area (Å²) >= 11 is 0. The van der Waals surface area contributed by atoms with E-state index >= 15 is 0 Å². The van der Waals surface area contributed by atoms with Crippen LogP contribution in [0.5, 0.6) is 11.5 Å². The van der Waals surface area contributed by atoms with Gasteiger partial charge in [0.2, 0.25) is 5.76 Å². The number of carbonyl (C=O) groups excluding carboxylic acids is 2. The van der Waals surface area contributed by atoms with Crippen LogP contribution in [0.3, 0.4) is 0 Å². The Balaban J connectivity index is 1.35. The van der Waals surface area contributed by atoms with E-state index in [1.807, 2.05) is 43.3 Å². The number of nitrogens with one attached hydrogen (secondary N) is 1. The molecule has 2 aromatic heterocycles. The van der Waals surface area contributed by atoms with Crippen molar-refractivity contribution in [1.29, 1.82) is 0 Å². The van der Waals surface area contributed by atoms with Crippen LogP contribution in [-0.2, 0) is 9.53 Å². The van der Waals surface area contributed by atoms with Crippen LogP contribution in [0.1, 0.15) is 30.0 Å². The highest BCUT2D eigenvalue weighted by atomic mass is 16.6. The fraction of sp³-hybridized carbons (Fsp3) is 0.214. The topological polar surface area (TPSA) is 100 Å². The molecule has 0 saturated carbocycles. The minimum Gasteiger partial charge on any atom is -0.495 e. The Morgan fingerprint density at radius 2 is 1.72 bits per heavy atom. The minimum absolute atomic E-state index is 0.0413. The number of rotatable bonds is 7. The Hall–Kier alpha value is -4.46. The average Bonchev–Trinajstić information content (AvgIpc) is 3.40. The predicted octanol–water partition coefficient (Wildman–Crippen LogP) is 6.23. The third-order valence-corrected chi connectivity index (χ3v) is 6.01. The quantitative estimate of drug-likeness (QED) is 0.272. The Morgan fingerprint density at radius 1 is 0.944 bits per heavy atom. The van der Waals surface area contributed by atoms with E-state index in [1.54, 1.807) is 25.1 Å². The number of anilines is 1. The maximum Gasteiger partial charge on any atom is 0.375 e. The molecule has 0 spiro atoms. The van der Waals surface area contributed by atoms with Crippen molar-refractivity contribution in [1.82, 2.24) is 0 Å². The SMILES string of the molecule is CCOc1ccc2oc(C(=O)OC(C)C(=O)Nc3cc4oc5ccccc5c4cc3OC)c(C)c2c1. The van der Waals surface area contributed by atoms with Crippen molar-refractivity contribution in [3.8, 4) is 11.5 Å². The van der Waals surface area contributed by atoms with E-state index in [1.165, 1.54) is 14.0 Å². The maximum absolute atomic E-state index is 12.9. The van der Waals surface area contributed by atoms with Crippen molar-refractivity contribution in [2.75, 3.05) is 19.0 Å². The van der Waals surface area contributed by atoms with Gasteiger partial charge in [-0.05, 0) is 51.1 Å². The van der Waals surface area contributed by atoms with Crippen molar-refractivity contribution < 1.29 is 32.6 Å². The highest BCUT2D eigenvalue weighted by molar-refractivity contribution is 6.08. The second-order valence-corrected chi connectivity index (χ2v) is 8.33. The van der Waals surface area contributed by atoms with Crippen molar-refractivity contribution in [2.45, 2.75) is 26.9 Å². The number of esters is 1. The molecule has 5 aromatic rings. The van der Waals surface area contributed by atoms with Gasteiger partial charge in [-0.15, -0.1) is 0 Å². The molecule has 2 heterocycles. The van der Waals surface area contributed by atoms with Gasteiger partial charge in [-0.1, -0.05) is 18.2 Å².